The third-order valence-electron chi connectivity index (χ3n) is 3.76. The number of aryl methyl sites for hydroxylation is 2. The lowest BCUT2D eigenvalue weighted by atomic mass is 9.98. The molecule has 0 fully saturated rings. The molecule has 0 bridgehead atoms. The number of nitrogens with zero attached hydrogens (tertiary/aromatic N) is 5. The summed E-state index contributed by atoms with van der Waals surface area (Å²) in [5.74, 6) is 0.225. The lowest BCUT2D eigenvalue weighted by molar-refractivity contribution is -0.136. The van der Waals surface area contributed by atoms with Gasteiger partial charge in [0.1, 0.15) is 12.4 Å². The van der Waals surface area contributed by atoms with Gasteiger partial charge < -0.3 is 10.1 Å². The summed E-state index contributed by atoms with van der Waals surface area (Å²) in [5, 5.41) is 11.8. The van der Waals surface area contributed by atoms with Gasteiger partial charge in [0.15, 0.2) is 0 Å². The normalized spacial score (nSPS) is 17.2. The van der Waals surface area contributed by atoms with Crippen LogP contribution in [-0.4, -0.2) is 37.6 Å². The molecule has 0 amide bonds. The van der Waals surface area contributed by atoms with Gasteiger partial charge in [-0.1, -0.05) is 6.92 Å². The number of ether oxygens (including phenoxy) is 1. The first-order chi connectivity index (χ1) is 10.6. The second-order valence-electron chi connectivity index (χ2n) is 5.13. The van der Waals surface area contributed by atoms with E-state index in [1.807, 2.05) is 27.0 Å². The minimum Gasteiger partial charge on any atom is -0.466 e. The lowest BCUT2D eigenvalue weighted by Crippen LogP contribution is -2.31. The number of fused-ring (bicyclic) bond motifs is 1. The van der Waals surface area contributed by atoms with Gasteiger partial charge in [-0.2, -0.15) is 15.2 Å². The molecular weight excluding hydrogens is 284 g/mol. The molecule has 1 atom stereocenters. The second-order valence-corrected chi connectivity index (χ2v) is 5.13. The van der Waals surface area contributed by atoms with E-state index in [0.717, 1.165) is 17.1 Å². The molecule has 0 aromatic carbocycles. The Bertz CT molecular complexity index is 757. The molecule has 1 aliphatic rings. The Morgan fingerprint density at radius 1 is 1.50 bits per heavy atom. The smallest absolute Gasteiger partial charge is 0.338 e. The van der Waals surface area contributed by atoms with Crippen molar-refractivity contribution in [3.63, 3.8) is 0 Å². The summed E-state index contributed by atoms with van der Waals surface area (Å²) in [6.07, 6.45) is 2.12. The summed E-state index contributed by atoms with van der Waals surface area (Å²) >= 11 is 0. The molecule has 8 heteroatoms. The average molecular weight is 302 g/mol. The van der Waals surface area contributed by atoms with Gasteiger partial charge in [-0.15, -0.1) is 0 Å². The van der Waals surface area contributed by atoms with Crippen molar-refractivity contribution < 1.29 is 9.53 Å². The number of hydrogen-bond acceptors (Lipinski definition) is 6. The monoisotopic (exact) mass is 302 g/mol. The van der Waals surface area contributed by atoms with E-state index in [0.29, 0.717) is 17.9 Å². The maximum Gasteiger partial charge on any atom is 0.338 e. The molecule has 0 spiro atoms. The highest BCUT2D eigenvalue weighted by molar-refractivity contribution is 5.92. The van der Waals surface area contributed by atoms with Crippen molar-refractivity contribution in [3.05, 3.63) is 35.1 Å². The molecule has 22 heavy (non-hydrogen) atoms. The molecule has 2 aromatic rings. The second kappa shape index (κ2) is 5.28. The number of carbonyl (C=O) groups excluding carboxylic acids is 1. The van der Waals surface area contributed by atoms with Crippen LogP contribution in [0.3, 0.4) is 0 Å². The number of carbonyl (C=O) groups is 1. The van der Waals surface area contributed by atoms with Gasteiger partial charge in [0.2, 0.25) is 5.95 Å². The first-order valence-corrected chi connectivity index (χ1v) is 7.05. The van der Waals surface area contributed by atoms with Gasteiger partial charge in [0.05, 0.1) is 24.1 Å². The van der Waals surface area contributed by atoms with E-state index in [2.05, 4.69) is 20.5 Å². The SMILES string of the molecule is CCC1=C(C(=O)OC)[C@@H](c2cc(C)nn2C)n2ncnc2N1. The zero-order chi connectivity index (χ0) is 15.9. The van der Waals surface area contributed by atoms with Crippen molar-refractivity contribution in [2.45, 2.75) is 26.3 Å². The van der Waals surface area contributed by atoms with Crippen molar-refractivity contribution in [2.75, 3.05) is 12.4 Å². The summed E-state index contributed by atoms with van der Waals surface area (Å²) in [7, 11) is 3.23. The molecule has 0 unspecified atom stereocenters. The maximum atomic E-state index is 12.4. The number of esters is 1. The van der Waals surface area contributed by atoms with E-state index in [9.17, 15) is 4.79 Å². The molecule has 3 heterocycles. The highest BCUT2D eigenvalue weighted by Gasteiger charge is 2.36. The zero-order valence-electron chi connectivity index (χ0n) is 13.0. The summed E-state index contributed by atoms with van der Waals surface area (Å²) in [6.45, 7) is 3.89. The van der Waals surface area contributed by atoms with Crippen LogP contribution in [0.1, 0.15) is 30.8 Å². The van der Waals surface area contributed by atoms with E-state index < -0.39 is 6.04 Å². The summed E-state index contributed by atoms with van der Waals surface area (Å²) in [4.78, 5) is 16.6. The minimum absolute atomic E-state index is 0.380. The van der Waals surface area contributed by atoms with Gasteiger partial charge in [0.25, 0.3) is 0 Å². The van der Waals surface area contributed by atoms with Crippen LogP contribution < -0.4 is 5.32 Å². The summed E-state index contributed by atoms with van der Waals surface area (Å²) in [5.41, 5.74) is 3.05. The fraction of sp³-hybridized carbons (Fsp3) is 0.429. The highest BCUT2D eigenvalue weighted by atomic mass is 16.5. The Morgan fingerprint density at radius 2 is 2.27 bits per heavy atom. The zero-order valence-corrected chi connectivity index (χ0v) is 13.0. The van der Waals surface area contributed by atoms with Crippen LogP contribution in [0.25, 0.3) is 0 Å². The predicted octanol–water partition coefficient (Wildman–Crippen LogP) is 1.17. The topological polar surface area (TPSA) is 86.9 Å². The third kappa shape index (κ3) is 2.07. The lowest BCUT2D eigenvalue weighted by Gasteiger charge is -2.28. The standard InChI is InChI=1S/C14H18N6O2/c1-5-9-11(13(21)22-4)12(10-6-8(2)18-19(10)3)20-14(17-9)15-7-16-20/h6-7,12H,5H2,1-4H3,(H,15,16,17)/t12-/m1/s1. The van der Waals surface area contributed by atoms with Gasteiger partial charge in [-0.25, -0.2) is 9.48 Å². The fourth-order valence-corrected chi connectivity index (χ4v) is 2.80. The largest absolute Gasteiger partial charge is 0.466 e. The van der Waals surface area contributed by atoms with Crippen LogP contribution in [0.15, 0.2) is 23.7 Å². The van der Waals surface area contributed by atoms with Crippen molar-refractivity contribution in [2.24, 2.45) is 7.05 Å². The quantitative estimate of drug-likeness (QED) is 0.857. The number of anilines is 1. The number of methoxy groups -OCH3 is 1. The fourth-order valence-electron chi connectivity index (χ4n) is 2.80. The van der Waals surface area contributed by atoms with Gasteiger partial charge in [0, 0.05) is 12.7 Å². The number of hydrogen-bond donors (Lipinski definition) is 1. The van der Waals surface area contributed by atoms with Crippen molar-refractivity contribution in [3.8, 4) is 0 Å². The first-order valence-electron chi connectivity index (χ1n) is 7.05. The Kier molecular flexibility index (Phi) is 3.44. The van der Waals surface area contributed by atoms with Crippen LogP contribution in [0.4, 0.5) is 5.95 Å². The molecule has 1 aliphatic heterocycles. The highest BCUT2D eigenvalue weighted by Crippen LogP contribution is 2.36. The molecule has 0 radical (unpaired) electrons. The number of rotatable bonds is 3. The van der Waals surface area contributed by atoms with Gasteiger partial charge in [-0.3, -0.25) is 4.68 Å². The van der Waals surface area contributed by atoms with Gasteiger partial charge >= 0.3 is 5.97 Å². The maximum absolute atomic E-state index is 12.4. The third-order valence-corrected chi connectivity index (χ3v) is 3.76. The minimum atomic E-state index is -0.410. The van der Waals surface area contributed by atoms with Crippen LogP contribution in [-0.2, 0) is 16.6 Å². The van der Waals surface area contributed by atoms with E-state index in [-0.39, 0.29) is 5.97 Å². The Hall–Kier alpha value is -2.64. The molecule has 3 rings (SSSR count). The molecule has 1 N–H and O–H groups in total. The number of allylic oxidation sites excluding steroid dienone is 1. The van der Waals surface area contributed by atoms with E-state index >= 15 is 0 Å². The molecule has 0 saturated heterocycles. The van der Waals surface area contributed by atoms with Crippen molar-refractivity contribution >= 4 is 11.9 Å². The average Bonchev–Trinajstić information content (AvgIpc) is 3.10. The Balaban J connectivity index is 2.24. The first kappa shape index (κ1) is 14.3. The van der Waals surface area contributed by atoms with Crippen LogP contribution >= 0.6 is 0 Å². The molecule has 2 aromatic heterocycles. The Labute approximate surface area is 127 Å². The summed E-state index contributed by atoms with van der Waals surface area (Å²) in [6, 6.07) is 1.53. The van der Waals surface area contributed by atoms with E-state index in [1.54, 1.807) is 9.36 Å². The van der Waals surface area contributed by atoms with Crippen molar-refractivity contribution in [1.29, 1.82) is 0 Å². The summed E-state index contributed by atoms with van der Waals surface area (Å²) < 4.78 is 8.42. The molecule has 0 saturated carbocycles. The molecule has 8 nitrogen and oxygen atoms in total. The molecule has 116 valence electrons. The van der Waals surface area contributed by atoms with Crippen LogP contribution in [0, 0.1) is 6.92 Å². The predicted molar refractivity (Wildman–Crippen MR) is 79.1 cm³/mol. The van der Waals surface area contributed by atoms with Gasteiger partial charge in [-0.05, 0) is 19.4 Å². The molecular formula is C14H18N6O2. The van der Waals surface area contributed by atoms with Crippen molar-refractivity contribution in [1.82, 2.24) is 24.5 Å². The van der Waals surface area contributed by atoms with E-state index in [4.69, 9.17) is 4.74 Å². The number of nitrogens with one attached hydrogen (secondary N) is 1. The van der Waals surface area contributed by atoms with Crippen LogP contribution in [0.2, 0.25) is 0 Å². The van der Waals surface area contributed by atoms with E-state index in [1.165, 1.54) is 13.4 Å². The molecule has 0 aliphatic carbocycles. The Morgan fingerprint density at radius 3 is 2.86 bits per heavy atom. The van der Waals surface area contributed by atoms with Crippen LogP contribution in [0.5, 0.6) is 0 Å². The number of aromatic nitrogens is 5.